The van der Waals surface area contributed by atoms with Crippen molar-refractivity contribution in [3.05, 3.63) is 59.2 Å². The van der Waals surface area contributed by atoms with Gasteiger partial charge in [-0.25, -0.2) is 0 Å². The van der Waals surface area contributed by atoms with Gasteiger partial charge in [0, 0.05) is 13.6 Å². The number of thioether (sulfide) groups is 1. The molecule has 0 unspecified atom stereocenters. The standard InChI is InChI=1S/C21H25N5O2S/c1-5-28-18-11-9-17(10-12-18)13-25(4)20(27)14-29-21-22-23-24-26(21)19-8-6-7-15(2)16(19)3/h6-12H,5,13-14H2,1-4H3. The highest BCUT2D eigenvalue weighted by Crippen LogP contribution is 2.22. The summed E-state index contributed by atoms with van der Waals surface area (Å²) in [5.41, 5.74) is 4.25. The van der Waals surface area contributed by atoms with E-state index in [1.54, 1.807) is 16.6 Å². The predicted octanol–water partition coefficient (Wildman–Crippen LogP) is 3.43. The monoisotopic (exact) mass is 411 g/mol. The summed E-state index contributed by atoms with van der Waals surface area (Å²) in [5.74, 6) is 1.11. The number of amides is 1. The van der Waals surface area contributed by atoms with Gasteiger partial charge in [-0.1, -0.05) is 36.0 Å². The smallest absolute Gasteiger partial charge is 0.233 e. The second-order valence-electron chi connectivity index (χ2n) is 6.71. The molecule has 152 valence electrons. The Hall–Kier alpha value is -2.87. The number of carbonyl (C=O) groups excluding carboxylic acids is 1. The fourth-order valence-electron chi connectivity index (χ4n) is 2.84. The minimum Gasteiger partial charge on any atom is -0.494 e. The number of carbonyl (C=O) groups is 1. The van der Waals surface area contributed by atoms with Crippen LogP contribution >= 0.6 is 11.8 Å². The first-order chi connectivity index (χ1) is 14.0. The highest BCUT2D eigenvalue weighted by Gasteiger charge is 2.16. The molecule has 0 aliphatic rings. The van der Waals surface area contributed by atoms with Gasteiger partial charge in [0.2, 0.25) is 11.1 Å². The third kappa shape index (κ3) is 5.14. The first-order valence-corrected chi connectivity index (χ1v) is 10.4. The molecule has 0 aliphatic carbocycles. The Morgan fingerprint density at radius 3 is 2.66 bits per heavy atom. The first-order valence-electron chi connectivity index (χ1n) is 9.43. The van der Waals surface area contributed by atoms with Gasteiger partial charge in [0.15, 0.2) is 0 Å². The third-order valence-corrected chi connectivity index (χ3v) is 5.55. The molecule has 3 rings (SSSR count). The molecule has 0 fully saturated rings. The van der Waals surface area contributed by atoms with E-state index >= 15 is 0 Å². The van der Waals surface area contributed by atoms with Gasteiger partial charge in [-0.2, -0.15) is 4.68 Å². The minimum absolute atomic E-state index is 0.0133. The van der Waals surface area contributed by atoms with E-state index in [-0.39, 0.29) is 11.7 Å². The van der Waals surface area contributed by atoms with E-state index in [0.717, 1.165) is 22.6 Å². The molecule has 29 heavy (non-hydrogen) atoms. The van der Waals surface area contributed by atoms with E-state index in [9.17, 15) is 4.79 Å². The normalized spacial score (nSPS) is 10.8. The molecule has 2 aromatic carbocycles. The maximum atomic E-state index is 12.6. The number of tetrazole rings is 1. The number of ether oxygens (including phenoxy) is 1. The van der Waals surface area contributed by atoms with E-state index in [2.05, 4.69) is 28.5 Å². The molecule has 0 spiro atoms. The maximum absolute atomic E-state index is 12.6. The van der Waals surface area contributed by atoms with Crippen LogP contribution in [0.3, 0.4) is 0 Å². The molecule has 1 aromatic heterocycles. The van der Waals surface area contributed by atoms with Gasteiger partial charge in [-0.3, -0.25) is 4.79 Å². The number of rotatable bonds is 8. The van der Waals surface area contributed by atoms with Crippen molar-refractivity contribution in [3.8, 4) is 11.4 Å². The summed E-state index contributed by atoms with van der Waals surface area (Å²) in [4.78, 5) is 14.3. The molecule has 0 N–H and O–H groups in total. The Bertz CT molecular complexity index is 971. The number of hydrogen-bond donors (Lipinski definition) is 0. The van der Waals surface area contributed by atoms with Crippen LogP contribution in [0.25, 0.3) is 5.69 Å². The lowest BCUT2D eigenvalue weighted by molar-refractivity contribution is -0.127. The summed E-state index contributed by atoms with van der Waals surface area (Å²) in [7, 11) is 1.80. The van der Waals surface area contributed by atoms with Crippen molar-refractivity contribution in [1.82, 2.24) is 25.1 Å². The third-order valence-electron chi connectivity index (χ3n) is 4.65. The summed E-state index contributed by atoms with van der Waals surface area (Å²) >= 11 is 1.33. The molecule has 1 amide bonds. The highest BCUT2D eigenvalue weighted by molar-refractivity contribution is 7.99. The summed E-state index contributed by atoms with van der Waals surface area (Å²) in [6.07, 6.45) is 0. The fraction of sp³-hybridized carbons (Fsp3) is 0.333. The topological polar surface area (TPSA) is 73.1 Å². The van der Waals surface area contributed by atoms with Crippen molar-refractivity contribution < 1.29 is 9.53 Å². The summed E-state index contributed by atoms with van der Waals surface area (Å²) < 4.78 is 7.14. The van der Waals surface area contributed by atoms with Crippen LogP contribution in [0.2, 0.25) is 0 Å². The van der Waals surface area contributed by atoms with Crippen molar-refractivity contribution in [2.24, 2.45) is 0 Å². The van der Waals surface area contributed by atoms with E-state index < -0.39 is 0 Å². The van der Waals surface area contributed by atoms with Crippen LogP contribution in [0.1, 0.15) is 23.6 Å². The minimum atomic E-state index is 0.0133. The second-order valence-corrected chi connectivity index (χ2v) is 7.65. The van der Waals surface area contributed by atoms with Gasteiger partial charge in [0.05, 0.1) is 18.0 Å². The van der Waals surface area contributed by atoms with Gasteiger partial charge in [0.1, 0.15) is 5.75 Å². The molecule has 0 aliphatic heterocycles. The quantitative estimate of drug-likeness (QED) is 0.529. The maximum Gasteiger partial charge on any atom is 0.233 e. The lowest BCUT2D eigenvalue weighted by Gasteiger charge is -2.17. The van der Waals surface area contributed by atoms with Crippen molar-refractivity contribution in [3.63, 3.8) is 0 Å². The zero-order chi connectivity index (χ0) is 20.8. The van der Waals surface area contributed by atoms with Gasteiger partial charge >= 0.3 is 0 Å². The Balaban J connectivity index is 1.61. The van der Waals surface area contributed by atoms with Crippen LogP contribution in [-0.4, -0.2) is 50.4 Å². The average Bonchev–Trinajstić information content (AvgIpc) is 3.18. The summed E-state index contributed by atoms with van der Waals surface area (Å²) in [6.45, 7) is 7.21. The average molecular weight is 412 g/mol. The zero-order valence-electron chi connectivity index (χ0n) is 17.1. The van der Waals surface area contributed by atoms with Crippen molar-refractivity contribution >= 4 is 17.7 Å². The molecule has 0 saturated heterocycles. The molecule has 0 bridgehead atoms. The van der Waals surface area contributed by atoms with Crippen LogP contribution in [-0.2, 0) is 11.3 Å². The molecule has 8 heteroatoms. The summed E-state index contributed by atoms with van der Waals surface area (Å²) in [6, 6.07) is 13.8. The Morgan fingerprint density at radius 1 is 1.17 bits per heavy atom. The molecule has 0 radical (unpaired) electrons. The lowest BCUT2D eigenvalue weighted by Crippen LogP contribution is -2.27. The number of aromatic nitrogens is 4. The van der Waals surface area contributed by atoms with Gasteiger partial charge in [-0.15, -0.1) is 5.10 Å². The second kappa shape index (κ2) is 9.56. The Labute approximate surface area is 175 Å². The molecule has 7 nitrogen and oxygen atoms in total. The van der Waals surface area contributed by atoms with Crippen LogP contribution in [0.5, 0.6) is 5.75 Å². The van der Waals surface area contributed by atoms with Crippen molar-refractivity contribution in [1.29, 1.82) is 0 Å². The number of nitrogens with zero attached hydrogens (tertiary/aromatic N) is 5. The predicted molar refractivity (Wildman–Crippen MR) is 113 cm³/mol. The molecule has 0 atom stereocenters. The highest BCUT2D eigenvalue weighted by atomic mass is 32.2. The van der Waals surface area contributed by atoms with Gasteiger partial charge in [0.25, 0.3) is 0 Å². The zero-order valence-corrected chi connectivity index (χ0v) is 17.9. The van der Waals surface area contributed by atoms with E-state index in [0.29, 0.717) is 18.3 Å². The largest absolute Gasteiger partial charge is 0.494 e. The number of aryl methyl sites for hydroxylation is 1. The molecule has 0 saturated carbocycles. The first kappa shape index (κ1) is 20.9. The van der Waals surface area contributed by atoms with Gasteiger partial charge < -0.3 is 9.64 Å². The Morgan fingerprint density at radius 2 is 1.93 bits per heavy atom. The van der Waals surface area contributed by atoms with Gasteiger partial charge in [-0.05, 0) is 66.1 Å². The van der Waals surface area contributed by atoms with Crippen LogP contribution in [0.15, 0.2) is 47.6 Å². The molecular weight excluding hydrogens is 386 g/mol. The number of benzene rings is 2. The Kier molecular flexibility index (Phi) is 6.87. The summed E-state index contributed by atoms with van der Waals surface area (Å²) in [5, 5.41) is 12.6. The van der Waals surface area contributed by atoms with Crippen LogP contribution < -0.4 is 4.74 Å². The SMILES string of the molecule is CCOc1ccc(CN(C)C(=O)CSc2nnnn2-c2cccc(C)c2C)cc1. The fourth-order valence-corrected chi connectivity index (χ4v) is 3.67. The molecular formula is C21H25N5O2S. The van der Waals surface area contributed by atoms with E-state index in [1.807, 2.05) is 50.2 Å². The van der Waals surface area contributed by atoms with Crippen molar-refractivity contribution in [2.45, 2.75) is 32.5 Å². The number of hydrogen-bond acceptors (Lipinski definition) is 6. The van der Waals surface area contributed by atoms with Crippen molar-refractivity contribution in [2.75, 3.05) is 19.4 Å². The molecule has 1 heterocycles. The van der Waals surface area contributed by atoms with Crippen LogP contribution in [0, 0.1) is 13.8 Å². The molecule has 3 aromatic rings. The van der Waals surface area contributed by atoms with E-state index in [1.165, 1.54) is 17.3 Å². The van der Waals surface area contributed by atoms with Crippen LogP contribution in [0.4, 0.5) is 0 Å². The lowest BCUT2D eigenvalue weighted by atomic mass is 10.1. The van der Waals surface area contributed by atoms with E-state index in [4.69, 9.17) is 4.74 Å².